The van der Waals surface area contributed by atoms with E-state index in [2.05, 4.69) is 5.32 Å². The molecule has 0 aliphatic carbocycles. The fourth-order valence-corrected chi connectivity index (χ4v) is 5.48. The van der Waals surface area contributed by atoms with E-state index in [9.17, 15) is 18.0 Å². The van der Waals surface area contributed by atoms with Crippen molar-refractivity contribution in [3.63, 3.8) is 0 Å². The summed E-state index contributed by atoms with van der Waals surface area (Å²) in [5.41, 5.74) is 1.69. The van der Waals surface area contributed by atoms with Gasteiger partial charge in [-0.15, -0.1) is 0 Å². The Bertz CT molecular complexity index is 1450. The number of anilines is 1. The van der Waals surface area contributed by atoms with Gasteiger partial charge in [-0.05, 0) is 56.2 Å². The van der Waals surface area contributed by atoms with Crippen LogP contribution in [0.4, 0.5) is 5.69 Å². The van der Waals surface area contributed by atoms with Gasteiger partial charge >= 0.3 is 0 Å². The highest BCUT2D eigenvalue weighted by Gasteiger charge is 2.34. The first kappa shape index (κ1) is 32.2. The normalized spacial score (nSPS) is 12.1. The monoisotopic (exact) mass is 619 g/mol. The number of hydrogen-bond acceptors (Lipinski definition) is 5. The molecule has 0 spiro atoms. The highest BCUT2D eigenvalue weighted by molar-refractivity contribution is 7.92. The first-order chi connectivity index (χ1) is 19.4. The molecule has 8 nitrogen and oxygen atoms in total. The summed E-state index contributed by atoms with van der Waals surface area (Å²) >= 11 is 12.4. The molecular formula is C30H35Cl2N3O5S. The molecule has 11 heteroatoms. The van der Waals surface area contributed by atoms with Gasteiger partial charge in [-0.3, -0.25) is 13.9 Å². The van der Waals surface area contributed by atoms with Crippen molar-refractivity contribution in [2.45, 2.75) is 45.8 Å². The lowest BCUT2D eigenvalue weighted by atomic mass is 10.0. The summed E-state index contributed by atoms with van der Waals surface area (Å²) in [4.78, 5) is 29.2. The van der Waals surface area contributed by atoms with Crippen molar-refractivity contribution in [2.75, 3.05) is 23.7 Å². The van der Waals surface area contributed by atoms with Crippen LogP contribution in [0, 0.1) is 0 Å². The number of carbonyl (C=O) groups is 2. The summed E-state index contributed by atoms with van der Waals surface area (Å²) in [5.74, 6) is -0.617. The highest BCUT2D eigenvalue weighted by atomic mass is 35.5. The summed E-state index contributed by atoms with van der Waals surface area (Å²) in [6.07, 6.45) is 1.24. The number of para-hydroxylation sites is 2. The number of nitrogens with zero attached hydrogens (tertiary/aromatic N) is 2. The minimum Gasteiger partial charge on any atom is -0.492 e. The molecule has 1 unspecified atom stereocenters. The van der Waals surface area contributed by atoms with E-state index in [0.29, 0.717) is 28.0 Å². The van der Waals surface area contributed by atoms with E-state index in [1.807, 2.05) is 44.2 Å². The number of ether oxygens (including phenoxy) is 1. The average Bonchev–Trinajstić information content (AvgIpc) is 2.91. The maximum atomic E-state index is 14.2. The third kappa shape index (κ3) is 9.11. The Morgan fingerprint density at radius 3 is 2.20 bits per heavy atom. The van der Waals surface area contributed by atoms with Crippen LogP contribution in [0.25, 0.3) is 0 Å². The molecule has 0 fully saturated rings. The predicted molar refractivity (Wildman–Crippen MR) is 164 cm³/mol. The minimum atomic E-state index is -3.93. The molecule has 0 saturated carbocycles. The van der Waals surface area contributed by atoms with Gasteiger partial charge in [-0.2, -0.15) is 0 Å². The van der Waals surface area contributed by atoms with Crippen molar-refractivity contribution in [3.8, 4) is 5.75 Å². The molecule has 1 atom stereocenters. The summed E-state index contributed by atoms with van der Waals surface area (Å²) in [6.45, 7) is 5.19. The van der Waals surface area contributed by atoms with Crippen LogP contribution in [0.2, 0.25) is 10.0 Å². The number of amides is 2. The number of halogens is 2. The lowest BCUT2D eigenvalue weighted by Crippen LogP contribution is -2.54. The number of hydrogen-bond donors (Lipinski definition) is 1. The molecule has 0 bridgehead atoms. The van der Waals surface area contributed by atoms with Gasteiger partial charge in [0.05, 0.1) is 28.6 Å². The van der Waals surface area contributed by atoms with Gasteiger partial charge in [0.15, 0.2) is 0 Å². The van der Waals surface area contributed by atoms with Crippen LogP contribution in [0.5, 0.6) is 5.75 Å². The Hall–Kier alpha value is -3.27. The number of sulfonamides is 1. The largest absolute Gasteiger partial charge is 0.492 e. The molecule has 0 radical (unpaired) electrons. The van der Waals surface area contributed by atoms with Gasteiger partial charge in [0, 0.05) is 19.0 Å². The molecule has 0 aliphatic rings. The summed E-state index contributed by atoms with van der Waals surface area (Å²) in [6, 6.07) is 19.8. The van der Waals surface area contributed by atoms with Crippen molar-refractivity contribution >= 4 is 50.7 Å². The molecule has 0 aromatic heterocycles. The summed E-state index contributed by atoms with van der Waals surface area (Å²) in [5, 5.41) is 3.56. The van der Waals surface area contributed by atoms with Crippen LogP contribution in [-0.2, 0) is 32.6 Å². The highest BCUT2D eigenvalue weighted by Crippen LogP contribution is 2.30. The molecule has 0 aliphatic heterocycles. The van der Waals surface area contributed by atoms with Crippen molar-refractivity contribution in [2.24, 2.45) is 0 Å². The van der Waals surface area contributed by atoms with Crippen molar-refractivity contribution in [1.82, 2.24) is 10.2 Å². The number of rotatable bonds is 13. The van der Waals surface area contributed by atoms with E-state index in [-0.39, 0.29) is 30.6 Å². The van der Waals surface area contributed by atoms with Gasteiger partial charge in [-0.1, -0.05) is 71.7 Å². The molecule has 3 aromatic carbocycles. The zero-order chi connectivity index (χ0) is 30.2. The van der Waals surface area contributed by atoms with Crippen LogP contribution < -0.4 is 14.4 Å². The topological polar surface area (TPSA) is 96.0 Å². The molecule has 0 heterocycles. The third-order valence-corrected chi connectivity index (χ3v) is 8.02. The lowest BCUT2D eigenvalue weighted by molar-refractivity contribution is -0.140. The predicted octanol–water partition coefficient (Wildman–Crippen LogP) is 5.32. The number of benzene rings is 3. The summed E-state index contributed by atoms with van der Waals surface area (Å²) < 4.78 is 32.7. The van der Waals surface area contributed by atoms with Crippen molar-refractivity contribution in [1.29, 1.82) is 0 Å². The van der Waals surface area contributed by atoms with Gasteiger partial charge in [0.2, 0.25) is 21.8 Å². The van der Waals surface area contributed by atoms with Crippen molar-refractivity contribution < 1.29 is 22.7 Å². The van der Waals surface area contributed by atoms with Crippen LogP contribution >= 0.6 is 23.2 Å². The van der Waals surface area contributed by atoms with E-state index in [1.54, 1.807) is 49.4 Å². The van der Waals surface area contributed by atoms with E-state index in [0.717, 1.165) is 16.1 Å². The van der Waals surface area contributed by atoms with E-state index >= 15 is 0 Å². The lowest BCUT2D eigenvalue weighted by Gasteiger charge is -2.34. The zero-order valence-corrected chi connectivity index (χ0v) is 25.8. The molecule has 3 rings (SSSR count). The maximum Gasteiger partial charge on any atom is 0.244 e. The standard InChI is InChI=1S/C30H35Cl2N3O5S/c1-5-40-28-14-10-9-13-26(28)35(41(4,38)39)20-29(36)34(19-23-15-16-24(31)25(32)17-23)27(30(37)33-21(2)3)18-22-11-7-6-8-12-22/h6-17,21,27H,5,18-20H2,1-4H3,(H,33,37). The molecular weight excluding hydrogens is 585 g/mol. The Morgan fingerprint density at radius 1 is 0.927 bits per heavy atom. The second-order valence-electron chi connectivity index (χ2n) is 9.81. The Kier molecular flexibility index (Phi) is 11.5. The van der Waals surface area contributed by atoms with Crippen molar-refractivity contribution in [3.05, 3.63) is 94.0 Å². The third-order valence-electron chi connectivity index (χ3n) is 6.15. The molecule has 2 amide bonds. The second-order valence-corrected chi connectivity index (χ2v) is 12.5. The zero-order valence-electron chi connectivity index (χ0n) is 23.5. The second kappa shape index (κ2) is 14.6. The molecule has 0 saturated heterocycles. The van der Waals surface area contributed by atoms with Crippen LogP contribution in [0.15, 0.2) is 72.8 Å². The first-order valence-corrected chi connectivity index (χ1v) is 15.8. The molecule has 1 N–H and O–H groups in total. The smallest absolute Gasteiger partial charge is 0.244 e. The Balaban J connectivity index is 2.10. The fraction of sp³-hybridized carbons (Fsp3) is 0.333. The van der Waals surface area contributed by atoms with Gasteiger partial charge in [0.1, 0.15) is 18.3 Å². The van der Waals surface area contributed by atoms with Gasteiger partial charge in [-0.25, -0.2) is 8.42 Å². The molecule has 3 aromatic rings. The van der Waals surface area contributed by atoms with E-state index < -0.39 is 28.5 Å². The van der Waals surface area contributed by atoms with Gasteiger partial charge < -0.3 is 15.0 Å². The fourth-order valence-electron chi connectivity index (χ4n) is 4.30. The minimum absolute atomic E-state index is 0.0105. The van der Waals surface area contributed by atoms with Crippen LogP contribution in [0.1, 0.15) is 31.9 Å². The first-order valence-electron chi connectivity index (χ1n) is 13.2. The SMILES string of the molecule is CCOc1ccccc1N(CC(=O)N(Cc1ccc(Cl)c(Cl)c1)C(Cc1ccccc1)C(=O)NC(C)C)S(C)(=O)=O. The summed E-state index contributed by atoms with van der Waals surface area (Å²) in [7, 11) is -3.93. The number of nitrogens with one attached hydrogen (secondary N) is 1. The number of carbonyl (C=O) groups excluding carboxylic acids is 2. The Labute approximate surface area is 252 Å². The molecule has 220 valence electrons. The van der Waals surface area contributed by atoms with Gasteiger partial charge in [0.25, 0.3) is 0 Å². The van der Waals surface area contributed by atoms with E-state index in [1.165, 1.54) is 4.90 Å². The van der Waals surface area contributed by atoms with Crippen LogP contribution in [0.3, 0.4) is 0 Å². The quantitative estimate of drug-likeness (QED) is 0.279. The Morgan fingerprint density at radius 2 is 1.59 bits per heavy atom. The average molecular weight is 621 g/mol. The maximum absolute atomic E-state index is 14.2. The van der Waals surface area contributed by atoms with Crippen LogP contribution in [-0.4, -0.2) is 56.6 Å². The molecule has 41 heavy (non-hydrogen) atoms. The van der Waals surface area contributed by atoms with E-state index in [4.69, 9.17) is 27.9 Å².